The van der Waals surface area contributed by atoms with Crippen molar-refractivity contribution in [3.8, 4) is 5.75 Å². The van der Waals surface area contributed by atoms with Gasteiger partial charge in [0, 0.05) is 26.2 Å². The summed E-state index contributed by atoms with van der Waals surface area (Å²) in [5, 5.41) is 2.77. The number of para-hydroxylation sites is 2. The molecule has 9 heteroatoms. The SMILES string of the molecule is COc1ccccc1N(CC(=O)NCCN1CCOCC1)S(C)(=O)=O. The highest BCUT2D eigenvalue weighted by Gasteiger charge is 2.23. The van der Waals surface area contributed by atoms with Crippen LogP contribution in [0.2, 0.25) is 0 Å². The average molecular weight is 371 g/mol. The summed E-state index contributed by atoms with van der Waals surface area (Å²) in [5.41, 5.74) is 0.343. The van der Waals surface area contributed by atoms with Gasteiger partial charge < -0.3 is 14.8 Å². The van der Waals surface area contributed by atoms with E-state index in [0.29, 0.717) is 37.7 Å². The molecular formula is C16H25N3O5S. The molecule has 1 aromatic carbocycles. The predicted octanol–water partition coefficient (Wildman–Crippen LogP) is -0.0904. The van der Waals surface area contributed by atoms with Gasteiger partial charge in [0.25, 0.3) is 0 Å². The Balaban J connectivity index is 1.96. The molecule has 0 spiro atoms. The maximum absolute atomic E-state index is 12.2. The summed E-state index contributed by atoms with van der Waals surface area (Å²) >= 11 is 0. The summed E-state index contributed by atoms with van der Waals surface area (Å²) in [6.45, 7) is 3.96. The standard InChI is InChI=1S/C16H25N3O5S/c1-23-15-6-4-3-5-14(15)19(25(2,21)22)13-16(20)17-7-8-18-9-11-24-12-10-18/h3-6H,7-13H2,1-2H3,(H,17,20). The lowest BCUT2D eigenvalue weighted by atomic mass is 10.3. The van der Waals surface area contributed by atoms with Crippen molar-refractivity contribution in [3.05, 3.63) is 24.3 Å². The molecule has 0 saturated carbocycles. The van der Waals surface area contributed by atoms with E-state index in [1.165, 1.54) is 7.11 Å². The molecule has 0 radical (unpaired) electrons. The van der Waals surface area contributed by atoms with Crippen molar-refractivity contribution in [2.45, 2.75) is 0 Å². The Morgan fingerprint density at radius 1 is 1.32 bits per heavy atom. The largest absolute Gasteiger partial charge is 0.495 e. The minimum absolute atomic E-state index is 0.289. The fourth-order valence-corrected chi connectivity index (χ4v) is 3.44. The van der Waals surface area contributed by atoms with Crippen molar-refractivity contribution in [1.82, 2.24) is 10.2 Å². The minimum atomic E-state index is -3.63. The molecule has 0 aliphatic carbocycles. The van der Waals surface area contributed by atoms with Crippen LogP contribution in [-0.2, 0) is 19.6 Å². The third kappa shape index (κ3) is 5.87. The highest BCUT2D eigenvalue weighted by molar-refractivity contribution is 7.92. The maximum Gasteiger partial charge on any atom is 0.240 e. The van der Waals surface area contributed by atoms with E-state index < -0.39 is 10.0 Å². The van der Waals surface area contributed by atoms with Gasteiger partial charge >= 0.3 is 0 Å². The van der Waals surface area contributed by atoms with E-state index in [2.05, 4.69) is 10.2 Å². The highest BCUT2D eigenvalue weighted by atomic mass is 32.2. The second-order valence-corrected chi connectivity index (χ2v) is 7.65. The normalized spacial score (nSPS) is 15.6. The molecule has 1 N–H and O–H groups in total. The number of benzene rings is 1. The Morgan fingerprint density at radius 3 is 2.64 bits per heavy atom. The molecule has 140 valence electrons. The Hall–Kier alpha value is -1.84. The van der Waals surface area contributed by atoms with Crippen LogP contribution in [0.1, 0.15) is 0 Å². The van der Waals surface area contributed by atoms with Crippen LogP contribution in [0.5, 0.6) is 5.75 Å². The van der Waals surface area contributed by atoms with E-state index in [1.54, 1.807) is 24.3 Å². The molecule has 0 bridgehead atoms. The summed E-state index contributed by atoms with van der Waals surface area (Å²) in [6, 6.07) is 6.71. The third-order valence-corrected chi connectivity index (χ3v) is 5.02. The number of methoxy groups -OCH3 is 1. The van der Waals surface area contributed by atoms with Crippen LogP contribution in [0.3, 0.4) is 0 Å². The molecule has 0 atom stereocenters. The summed E-state index contributed by atoms with van der Waals surface area (Å²) in [5.74, 6) is 0.0404. The summed E-state index contributed by atoms with van der Waals surface area (Å²) in [7, 11) is -2.17. The van der Waals surface area contributed by atoms with Crippen LogP contribution in [0, 0.1) is 0 Å². The van der Waals surface area contributed by atoms with Gasteiger partial charge in [-0.15, -0.1) is 0 Å². The predicted molar refractivity (Wildman–Crippen MR) is 95.5 cm³/mol. The van der Waals surface area contributed by atoms with Crippen LogP contribution >= 0.6 is 0 Å². The molecule has 1 heterocycles. The molecule has 1 aliphatic heterocycles. The number of hydrogen-bond acceptors (Lipinski definition) is 6. The number of amides is 1. The first-order valence-electron chi connectivity index (χ1n) is 8.09. The first-order chi connectivity index (χ1) is 11.9. The summed E-state index contributed by atoms with van der Waals surface area (Å²) in [4.78, 5) is 14.4. The van der Waals surface area contributed by atoms with Crippen molar-refractivity contribution >= 4 is 21.6 Å². The Bertz CT molecular complexity index is 674. The maximum atomic E-state index is 12.2. The topological polar surface area (TPSA) is 88.2 Å². The van der Waals surface area contributed by atoms with Crippen LogP contribution in [0.4, 0.5) is 5.69 Å². The molecule has 1 aliphatic rings. The van der Waals surface area contributed by atoms with Crippen molar-refractivity contribution < 1.29 is 22.7 Å². The van der Waals surface area contributed by atoms with E-state index in [4.69, 9.17) is 9.47 Å². The lowest BCUT2D eigenvalue weighted by molar-refractivity contribution is -0.119. The molecule has 0 unspecified atom stereocenters. The van der Waals surface area contributed by atoms with E-state index in [0.717, 1.165) is 23.7 Å². The number of morpholine rings is 1. The Kier molecular flexibility index (Phi) is 7.03. The van der Waals surface area contributed by atoms with Gasteiger partial charge in [0.15, 0.2) is 0 Å². The second kappa shape index (κ2) is 9.02. The monoisotopic (exact) mass is 371 g/mol. The van der Waals surface area contributed by atoms with Gasteiger partial charge in [-0.3, -0.25) is 14.0 Å². The number of rotatable bonds is 8. The van der Waals surface area contributed by atoms with Gasteiger partial charge in [-0.2, -0.15) is 0 Å². The molecule has 0 aromatic heterocycles. The van der Waals surface area contributed by atoms with Crippen LogP contribution in [0.25, 0.3) is 0 Å². The number of carbonyl (C=O) groups is 1. The number of nitrogens with zero attached hydrogens (tertiary/aromatic N) is 2. The molecule has 1 saturated heterocycles. The fraction of sp³-hybridized carbons (Fsp3) is 0.562. The number of anilines is 1. The summed E-state index contributed by atoms with van der Waals surface area (Å²) < 4.78 is 35.8. The molecule has 8 nitrogen and oxygen atoms in total. The van der Waals surface area contributed by atoms with Crippen molar-refractivity contribution in [1.29, 1.82) is 0 Å². The lowest BCUT2D eigenvalue weighted by Crippen LogP contribution is -2.44. The Labute approximate surface area is 148 Å². The van der Waals surface area contributed by atoms with E-state index in [1.807, 2.05) is 0 Å². The molecule has 1 fully saturated rings. The Morgan fingerprint density at radius 2 is 2.00 bits per heavy atom. The summed E-state index contributed by atoms with van der Waals surface area (Å²) in [6.07, 6.45) is 1.07. The van der Waals surface area contributed by atoms with Gasteiger partial charge in [-0.05, 0) is 12.1 Å². The fourth-order valence-electron chi connectivity index (χ4n) is 2.58. The zero-order valence-corrected chi connectivity index (χ0v) is 15.4. The van der Waals surface area contributed by atoms with Crippen molar-refractivity contribution in [3.63, 3.8) is 0 Å². The molecule has 1 amide bonds. The minimum Gasteiger partial charge on any atom is -0.495 e. The molecular weight excluding hydrogens is 346 g/mol. The molecule has 1 aromatic rings. The first-order valence-corrected chi connectivity index (χ1v) is 9.94. The third-order valence-electron chi connectivity index (χ3n) is 3.90. The smallest absolute Gasteiger partial charge is 0.240 e. The van der Waals surface area contributed by atoms with Crippen molar-refractivity contribution in [2.24, 2.45) is 0 Å². The van der Waals surface area contributed by atoms with Gasteiger partial charge in [0.1, 0.15) is 12.3 Å². The zero-order chi connectivity index (χ0) is 18.3. The lowest BCUT2D eigenvalue weighted by Gasteiger charge is -2.27. The van der Waals surface area contributed by atoms with E-state index >= 15 is 0 Å². The molecule has 2 rings (SSSR count). The average Bonchev–Trinajstić information content (AvgIpc) is 2.59. The number of sulfonamides is 1. The van der Waals surface area contributed by atoms with Gasteiger partial charge in [-0.1, -0.05) is 12.1 Å². The molecule has 25 heavy (non-hydrogen) atoms. The van der Waals surface area contributed by atoms with Crippen LogP contribution in [0.15, 0.2) is 24.3 Å². The number of nitrogens with one attached hydrogen (secondary N) is 1. The number of hydrogen-bond donors (Lipinski definition) is 1. The van der Waals surface area contributed by atoms with Gasteiger partial charge in [0.2, 0.25) is 15.9 Å². The van der Waals surface area contributed by atoms with Crippen molar-refractivity contribution in [2.75, 3.05) is 63.6 Å². The second-order valence-electron chi connectivity index (χ2n) is 5.75. The number of carbonyl (C=O) groups excluding carboxylic acids is 1. The quantitative estimate of drug-likeness (QED) is 0.687. The zero-order valence-electron chi connectivity index (χ0n) is 14.6. The van der Waals surface area contributed by atoms with E-state index in [-0.39, 0.29) is 12.5 Å². The first kappa shape index (κ1) is 19.5. The van der Waals surface area contributed by atoms with Gasteiger partial charge in [-0.25, -0.2) is 8.42 Å². The van der Waals surface area contributed by atoms with E-state index in [9.17, 15) is 13.2 Å². The number of ether oxygens (including phenoxy) is 2. The highest BCUT2D eigenvalue weighted by Crippen LogP contribution is 2.29. The van der Waals surface area contributed by atoms with Crippen LogP contribution < -0.4 is 14.4 Å². The van der Waals surface area contributed by atoms with Gasteiger partial charge in [0.05, 0.1) is 32.3 Å². The van der Waals surface area contributed by atoms with Crippen LogP contribution in [-0.4, -0.2) is 78.5 Å².